The van der Waals surface area contributed by atoms with Gasteiger partial charge in [0.05, 0.1) is 12.6 Å². The molecular formula is C18H25N3O2S. The molecule has 2 heterocycles. The number of rotatable bonds is 7. The van der Waals surface area contributed by atoms with Gasteiger partial charge in [0.2, 0.25) is 0 Å². The Hall–Kier alpha value is -1.79. The normalized spacial score (nSPS) is 15.5. The van der Waals surface area contributed by atoms with Gasteiger partial charge in [-0.1, -0.05) is 6.07 Å². The molecule has 2 aromatic heterocycles. The second-order valence-electron chi connectivity index (χ2n) is 6.55. The Morgan fingerprint density at radius 3 is 2.71 bits per heavy atom. The lowest BCUT2D eigenvalue weighted by Gasteiger charge is -2.26. The van der Waals surface area contributed by atoms with Crippen molar-refractivity contribution >= 4 is 17.4 Å². The van der Waals surface area contributed by atoms with Crippen LogP contribution in [-0.2, 0) is 6.54 Å². The molecule has 130 valence electrons. The Balaban J connectivity index is 1.61. The highest BCUT2D eigenvalue weighted by molar-refractivity contribution is 7.10. The Kier molecular flexibility index (Phi) is 5.26. The number of nitrogens with zero attached hydrogens (tertiary/aromatic N) is 2. The van der Waals surface area contributed by atoms with E-state index in [9.17, 15) is 4.79 Å². The SMILES string of the molecule is Cc1ccc(CN(C(=O)NCC(c2cccs2)N(C)C)C2CC2)o1. The summed E-state index contributed by atoms with van der Waals surface area (Å²) in [5.41, 5.74) is 0. The van der Waals surface area contributed by atoms with Gasteiger partial charge in [-0.05, 0) is 57.4 Å². The molecule has 3 rings (SSSR count). The fourth-order valence-corrected chi connectivity index (χ4v) is 3.72. The highest BCUT2D eigenvalue weighted by atomic mass is 32.1. The summed E-state index contributed by atoms with van der Waals surface area (Å²) in [4.78, 5) is 18.0. The average molecular weight is 347 g/mol. The van der Waals surface area contributed by atoms with E-state index in [-0.39, 0.29) is 12.1 Å². The number of likely N-dealkylation sites (N-methyl/N-ethyl adjacent to an activating group) is 1. The Labute approximate surface area is 147 Å². The second-order valence-corrected chi connectivity index (χ2v) is 7.53. The lowest BCUT2D eigenvalue weighted by Crippen LogP contribution is -2.43. The van der Waals surface area contributed by atoms with Gasteiger partial charge < -0.3 is 19.5 Å². The maximum absolute atomic E-state index is 12.7. The molecule has 0 aromatic carbocycles. The lowest BCUT2D eigenvalue weighted by molar-refractivity contribution is 0.182. The molecule has 0 spiro atoms. The third-order valence-corrected chi connectivity index (χ3v) is 5.29. The summed E-state index contributed by atoms with van der Waals surface area (Å²) in [6, 6.07) is 8.59. The summed E-state index contributed by atoms with van der Waals surface area (Å²) in [6.07, 6.45) is 2.16. The van der Waals surface area contributed by atoms with Crippen LogP contribution in [0.5, 0.6) is 0 Å². The van der Waals surface area contributed by atoms with Crippen LogP contribution in [0.4, 0.5) is 4.79 Å². The van der Waals surface area contributed by atoms with Crippen LogP contribution in [0, 0.1) is 6.92 Å². The molecule has 0 bridgehead atoms. The molecule has 0 aliphatic heterocycles. The molecule has 1 atom stereocenters. The van der Waals surface area contributed by atoms with Gasteiger partial charge in [-0.2, -0.15) is 0 Å². The van der Waals surface area contributed by atoms with Crippen LogP contribution in [0.1, 0.15) is 35.3 Å². The minimum absolute atomic E-state index is 0.00467. The number of hydrogen-bond donors (Lipinski definition) is 1. The van der Waals surface area contributed by atoms with Crippen LogP contribution in [-0.4, -0.2) is 42.5 Å². The molecule has 1 aliphatic rings. The van der Waals surface area contributed by atoms with Gasteiger partial charge in [-0.25, -0.2) is 4.79 Å². The largest absolute Gasteiger partial charge is 0.464 e. The van der Waals surface area contributed by atoms with Crippen molar-refractivity contribution in [3.8, 4) is 0 Å². The first-order valence-electron chi connectivity index (χ1n) is 8.34. The number of hydrogen-bond acceptors (Lipinski definition) is 4. The van der Waals surface area contributed by atoms with E-state index in [4.69, 9.17) is 4.42 Å². The van der Waals surface area contributed by atoms with Crippen LogP contribution in [0.25, 0.3) is 0 Å². The molecule has 1 unspecified atom stereocenters. The minimum atomic E-state index is -0.00467. The van der Waals surface area contributed by atoms with Gasteiger partial charge in [0.15, 0.2) is 0 Å². The van der Waals surface area contributed by atoms with Gasteiger partial charge in [0.1, 0.15) is 11.5 Å². The zero-order chi connectivity index (χ0) is 17.1. The Morgan fingerprint density at radius 1 is 1.38 bits per heavy atom. The molecule has 0 saturated heterocycles. The molecule has 5 nitrogen and oxygen atoms in total. The molecule has 2 amide bonds. The number of amides is 2. The molecule has 1 N–H and O–H groups in total. The van der Waals surface area contributed by atoms with Crippen molar-refractivity contribution in [2.75, 3.05) is 20.6 Å². The van der Waals surface area contributed by atoms with Crippen LogP contribution in [0.3, 0.4) is 0 Å². The summed E-state index contributed by atoms with van der Waals surface area (Å²) in [7, 11) is 4.08. The topological polar surface area (TPSA) is 48.7 Å². The zero-order valence-corrected chi connectivity index (χ0v) is 15.3. The number of carbonyl (C=O) groups is 1. The second kappa shape index (κ2) is 7.40. The van der Waals surface area contributed by atoms with E-state index < -0.39 is 0 Å². The molecule has 24 heavy (non-hydrogen) atoms. The number of nitrogens with one attached hydrogen (secondary N) is 1. The fourth-order valence-electron chi connectivity index (χ4n) is 2.79. The predicted molar refractivity (Wildman–Crippen MR) is 96.2 cm³/mol. The lowest BCUT2D eigenvalue weighted by atomic mass is 10.2. The van der Waals surface area contributed by atoms with E-state index in [1.807, 2.05) is 44.1 Å². The fraction of sp³-hybridized carbons (Fsp3) is 0.500. The molecule has 6 heteroatoms. The van der Waals surface area contributed by atoms with E-state index in [1.165, 1.54) is 4.88 Å². The summed E-state index contributed by atoms with van der Waals surface area (Å²) >= 11 is 1.72. The molecule has 1 aliphatic carbocycles. The monoisotopic (exact) mass is 347 g/mol. The highest BCUT2D eigenvalue weighted by Crippen LogP contribution is 2.29. The third-order valence-electron chi connectivity index (χ3n) is 4.31. The Bertz CT molecular complexity index is 662. The van der Waals surface area contributed by atoms with Gasteiger partial charge in [0, 0.05) is 17.5 Å². The van der Waals surface area contributed by atoms with Crippen LogP contribution >= 0.6 is 11.3 Å². The van der Waals surface area contributed by atoms with E-state index in [2.05, 4.69) is 21.7 Å². The van der Waals surface area contributed by atoms with Gasteiger partial charge in [-0.15, -0.1) is 11.3 Å². The predicted octanol–water partition coefficient (Wildman–Crippen LogP) is 3.63. The van der Waals surface area contributed by atoms with Crippen LogP contribution in [0.2, 0.25) is 0 Å². The van der Waals surface area contributed by atoms with Gasteiger partial charge >= 0.3 is 6.03 Å². The summed E-state index contributed by atoms with van der Waals surface area (Å²) in [6.45, 7) is 3.07. The summed E-state index contributed by atoms with van der Waals surface area (Å²) < 4.78 is 5.64. The summed E-state index contributed by atoms with van der Waals surface area (Å²) in [5.74, 6) is 1.73. The quantitative estimate of drug-likeness (QED) is 0.832. The highest BCUT2D eigenvalue weighted by Gasteiger charge is 2.33. The minimum Gasteiger partial charge on any atom is -0.464 e. The number of thiophene rings is 1. The van der Waals surface area contributed by atoms with Crippen molar-refractivity contribution < 1.29 is 9.21 Å². The van der Waals surface area contributed by atoms with Crippen LogP contribution < -0.4 is 5.32 Å². The smallest absolute Gasteiger partial charge is 0.318 e. The number of urea groups is 1. The van der Waals surface area contributed by atoms with Gasteiger partial charge in [0.25, 0.3) is 0 Å². The molecule has 1 saturated carbocycles. The number of furan rings is 1. The third kappa shape index (κ3) is 4.19. The number of carbonyl (C=O) groups excluding carboxylic acids is 1. The molecule has 1 fully saturated rings. The Morgan fingerprint density at radius 2 is 2.17 bits per heavy atom. The van der Waals surface area contributed by atoms with E-state index in [0.29, 0.717) is 19.1 Å². The number of aryl methyl sites for hydroxylation is 1. The maximum atomic E-state index is 12.7. The van der Waals surface area contributed by atoms with Crippen molar-refractivity contribution in [1.82, 2.24) is 15.1 Å². The molecule has 0 radical (unpaired) electrons. The van der Waals surface area contributed by atoms with Crippen molar-refractivity contribution in [3.63, 3.8) is 0 Å². The molecular weight excluding hydrogens is 322 g/mol. The first kappa shape index (κ1) is 17.0. The zero-order valence-electron chi connectivity index (χ0n) is 14.5. The average Bonchev–Trinajstić information content (AvgIpc) is 3.06. The standard InChI is InChI=1S/C18H25N3O2S/c1-13-6-9-15(23-13)12-21(14-7-8-14)18(22)19-11-16(20(2)3)17-5-4-10-24-17/h4-6,9-10,14,16H,7-8,11-12H2,1-3H3,(H,19,22). The summed E-state index contributed by atoms with van der Waals surface area (Å²) in [5, 5.41) is 5.18. The first-order chi connectivity index (χ1) is 11.5. The first-order valence-corrected chi connectivity index (χ1v) is 9.22. The van der Waals surface area contributed by atoms with E-state index >= 15 is 0 Å². The van der Waals surface area contributed by atoms with E-state index in [1.54, 1.807) is 11.3 Å². The van der Waals surface area contributed by atoms with Crippen molar-refractivity contribution in [2.24, 2.45) is 0 Å². The van der Waals surface area contributed by atoms with Crippen molar-refractivity contribution in [3.05, 3.63) is 46.0 Å². The van der Waals surface area contributed by atoms with Gasteiger partial charge in [-0.3, -0.25) is 0 Å². The van der Waals surface area contributed by atoms with Crippen molar-refractivity contribution in [1.29, 1.82) is 0 Å². The van der Waals surface area contributed by atoms with E-state index in [0.717, 1.165) is 24.4 Å². The van der Waals surface area contributed by atoms with Crippen LogP contribution in [0.15, 0.2) is 34.1 Å². The maximum Gasteiger partial charge on any atom is 0.318 e. The van der Waals surface area contributed by atoms with Crippen molar-refractivity contribution in [2.45, 2.75) is 38.4 Å². The molecule has 2 aromatic rings.